The van der Waals surface area contributed by atoms with E-state index in [4.69, 9.17) is 4.98 Å². The van der Waals surface area contributed by atoms with Crippen molar-refractivity contribution in [1.29, 1.82) is 0 Å². The van der Waals surface area contributed by atoms with Crippen LogP contribution < -0.4 is 9.50 Å². The molecule has 0 saturated heterocycles. The summed E-state index contributed by atoms with van der Waals surface area (Å²) in [5, 5.41) is 12.4. The molecule has 5 rings (SSSR count). The second-order valence-corrected chi connectivity index (χ2v) is 8.78. The Bertz CT molecular complexity index is 1680. The number of halogens is 1. The molecule has 8 nitrogen and oxygen atoms in total. The first-order valence-corrected chi connectivity index (χ1v) is 12.0. The number of carbonyl (C=O) groups is 1. The maximum absolute atomic E-state index is 13.1. The van der Waals surface area contributed by atoms with Gasteiger partial charge >= 0.3 is 16.5 Å². The summed E-state index contributed by atoms with van der Waals surface area (Å²) >= 11 is 0. The highest BCUT2D eigenvalue weighted by molar-refractivity contribution is 7.81. The van der Waals surface area contributed by atoms with Crippen molar-refractivity contribution in [2.24, 2.45) is 0 Å². The molecule has 180 valence electrons. The summed E-state index contributed by atoms with van der Waals surface area (Å²) in [6.45, 7) is 0. The molecule has 0 amide bonds. The number of anilines is 2. The zero-order valence-electron chi connectivity index (χ0n) is 18.5. The number of hydrogen-bond acceptors (Lipinski definition) is 6. The van der Waals surface area contributed by atoms with E-state index in [0.717, 1.165) is 11.1 Å². The summed E-state index contributed by atoms with van der Waals surface area (Å²) in [4.78, 5) is 16.0. The predicted molar refractivity (Wildman–Crippen MR) is 133 cm³/mol. The third-order valence-electron chi connectivity index (χ3n) is 5.43. The van der Waals surface area contributed by atoms with Gasteiger partial charge < -0.3 is 14.6 Å². The van der Waals surface area contributed by atoms with Crippen LogP contribution in [0.4, 0.5) is 15.4 Å². The van der Waals surface area contributed by atoms with Gasteiger partial charge in [0, 0.05) is 17.4 Å². The molecule has 3 aromatic carbocycles. The first kappa shape index (κ1) is 23.1. The van der Waals surface area contributed by atoms with E-state index in [0.29, 0.717) is 28.4 Å². The second kappa shape index (κ2) is 9.16. The molecule has 0 spiro atoms. The van der Waals surface area contributed by atoms with Gasteiger partial charge in [-0.1, -0.05) is 46.4 Å². The van der Waals surface area contributed by atoms with Gasteiger partial charge in [0.15, 0.2) is 0 Å². The lowest BCUT2D eigenvalue weighted by Gasteiger charge is -2.10. The number of carboxylic acids is 1. The molecular weight excluding hydrogens is 485 g/mol. The molecule has 2 N–H and O–H groups in total. The molecule has 36 heavy (non-hydrogen) atoms. The van der Waals surface area contributed by atoms with Crippen LogP contribution >= 0.6 is 0 Å². The van der Waals surface area contributed by atoms with Gasteiger partial charge in [0.25, 0.3) is 0 Å². The predicted octanol–water partition coefficient (Wildman–Crippen LogP) is 5.70. The third-order valence-corrected chi connectivity index (χ3v) is 5.82. The van der Waals surface area contributed by atoms with E-state index in [1.54, 1.807) is 18.2 Å². The Labute approximate surface area is 205 Å². The van der Waals surface area contributed by atoms with Gasteiger partial charge in [-0.05, 0) is 59.7 Å². The first-order valence-electron chi connectivity index (χ1n) is 10.7. The van der Waals surface area contributed by atoms with Gasteiger partial charge in [-0.2, -0.15) is 8.42 Å². The van der Waals surface area contributed by atoms with Crippen LogP contribution in [0.3, 0.4) is 0 Å². The van der Waals surface area contributed by atoms with Crippen LogP contribution in [0.15, 0.2) is 97.2 Å². The molecule has 0 aliphatic rings. The minimum Gasteiger partial charge on any atom is -0.478 e. The number of fused-ring (bicyclic) bond motifs is 1. The lowest BCUT2D eigenvalue weighted by Crippen LogP contribution is -2.01. The minimum absolute atomic E-state index is 0.142. The molecule has 10 heteroatoms. The summed E-state index contributed by atoms with van der Waals surface area (Å²) < 4.78 is 41.3. The second-order valence-electron chi connectivity index (χ2n) is 7.83. The van der Waals surface area contributed by atoms with Gasteiger partial charge in [0.05, 0.1) is 5.56 Å². The zero-order chi connectivity index (χ0) is 25.3. The van der Waals surface area contributed by atoms with E-state index in [-0.39, 0.29) is 11.3 Å². The van der Waals surface area contributed by atoms with Crippen molar-refractivity contribution in [2.45, 2.75) is 0 Å². The Hall–Kier alpha value is -4.70. The summed E-state index contributed by atoms with van der Waals surface area (Å²) in [5.74, 6) is -0.702. The Morgan fingerprint density at radius 3 is 2.31 bits per heavy atom. The van der Waals surface area contributed by atoms with Crippen molar-refractivity contribution >= 4 is 33.6 Å². The van der Waals surface area contributed by atoms with Crippen molar-refractivity contribution < 1.29 is 26.4 Å². The van der Waals surface area contributed by atoms with Gasteiger partial charge in [-0.25, -0.2) is 9.78 Å². The molecule has 0 aliphatic carbocycles. The Balaban J connectivity index is 1.64. The van der Waals surface area contributed by atoms with E-state index < -0.39 is 16.5 Å². The van der Waals surface area contributed by atoms with Crippen LogP contribution in [0.5, 0.6) is 5.75 Å². The molecule has 5 aromatic rings. The fraction of sp³-hybridized carbons (Fsp3) is 0. The van der Waals surface area contributed by atoms with Gasteiger partial charge in [-0.3, -0.25) is 4.40 Å². The topological polar surface area (TPSA) is 110 Å². The molecule has 0 fully saturated rings. The fourth-order valence-corrected chi connectivity index (χ4v) is 4.15. The van der Waals surface area contributed by atoms with Crippen molar-refractivity contribution in [3.05, 3.63) is 103 Å². The molecular formula is C26H18FN3O5S. The van der Waals surface area contributed by atoms with E-state index in [1.165, 1.54) is 30.3 Å². The Morgan fingerprint density at radius 1 is 0.889 bits per heavy atom. The number of benzene rings is 3. The van der Waals surface area contributed by atoms with Crippen LogP contribution in [0.2, 0.25) is 0 Å². The van der Waals surface area contributed by atoms with E-state index in [9.17, 15) is 22.2 Å². The Morgan fingerprint density at radius 2 is 1.61 bits per heavy atom. The molecule has 0 atom stereocenters. The molecule has 2 heterocycles. The average Bonchev–Trinajstić information content (AvgIpc) is 3.21. The number of imidazole rings is 1. The number of carboxylic acid groups (broad SMARTS) is 1. The molecule has 0 unspecified atom stereocenters. The monoisotopic (exact) mass is 503 g/mol. The van der Waals surface area contributed by atoms with Crippen LogP contribution in [0, 0.1) is 0 Å². The van der Waals surface area contributed by atoms with Crippen molar-refractivity contribution in [3.63, 3.8) is 0 Å². The highest BCUT2D eigenvalue weighted by Crippen LogP contribution is 2.34. The quantitative estimate of drug-likeness (QED) is 0.274. The summed E-state index contributed by atoms with van der Waals surface area (Å²) in [6, 6.07) is 25.7. The number of nitrogens with zero attached hydrogens (tertiary/aromatic N) is 2. The molecule has 2 aromatic heterocycles. The smallest absolute Gasteiger partial charge is 0.478 e. The summed E-state index contributed by atoms with van der Waals surface area (Å²) in [6.07, 6.45) is 1.84. The minimum atomic E-state index is -5.20. The maximum Gasteiger partial charge on any atom is 0.488 e. The average molecular weight is 504 g/mol. The largest absolute Gasteiger partial charge is 0.488 e. The van der Waals surface area contributed by atoms with Crippen LogP contribution in [0.1, 0.15) is 10.4 Å². The van der Waals surface area contributed by atoms with Crippen molar-refractivity contribution in [2.75, 3.05) is 5.32 Å². The van der Waals surface area contributed by atoms with Crippen LogP contribution in [-0.2, 0) is 10.5 Å². The Kier molecular flexibility index (Phi) is 5.87. The number of pyridine rings is 1. The lowest BCUT2D eigenvalue weighted by atomic mass is 10.1. The standard InChI is InChI=1S/C26H18FN3O5S/c27-36(33,34)35-22-8-4-7-20(15-22)24-25(28-21-11-9-18(10-12-21)26(31)32)30-14-13-19(16-23(30)29-24)17-5-2-1-3-6-17/h1-16,28H,(H,31,32). The van der Waals surface area contributed by atoms with E-state index >= 15 is 0 Å². The lowest BCUT2D eigenvalue weighted by molar-refractivity contribution is 0.0697. The molecule has 0 radical (unpaired) electrons. The van der Waals surface area contributed by atoms with Gasteiger partial charge in [0.1, 0.15) is 22.9 Å². The normalized spacial score (nSPS) is 11.4. The van der Waals surface area contributed by atoms with Crippen LogP contribution in [-0.4, -0.2) is 28.9 Å². The summed E-state index contributed by atoms with van der Waals surface area (Å²) in [7, 11) is -5.20. The van der Waals surface area contributed by atoms with Gasteiger partial charge in [0.2, 0.25) is 0 Å². The highest BCUT2D eigenvalue weighted by atomic mass is 32.3. The number of aromatic nitrogens is 2. The first-order chi connectivity index (χ1) is 17.3. The molecule has 0 saturated carbocycles. The highest BCUT2D eigenvalue weighted by Gasteiger charge is 2.18. The zero-order valence-corrected chi connectivity index (χ0v) is 19.3. The van der Waals surface area contributed by atoms with Crippen molar-refractivity contribution in [1.82, 2.24) is 9.38 Å². The molecule has 0 bridgehead atoms. The molecule has 0 aliphatic heterocycles. The number of nitrogens with one attached hydrogen (secondary N) is 1. The summed E-state index contributed by atoms with van der Waals surface area (Å²) in [5.41, 5.74) is 4.22. The fourth-order valence-electron chi connectivity index (χ4n) is 3.82. The number of aromatic carboxylic acids is 1. The number of hydrogen-bond donors (Lipinski definition) is 2. The van der Waals surface area contributed by atoms with E-state index in [2.05, 4.69) is 9.50 Å². The van der Waals surface area contributed by atoms with Crippen molar-refractivity contribution in [3.8, 4) is 28.1 Å². The van der Waals surface area contributed by atoms with Gasteiger partial charge in [-0.15, -0.1) is 0 Å². The van der Waals surface area contributed by atoms with E-state index in [1.807, 2.05) is 53.1 Å². The SMILES string of the molecule is O=C(O)c1ccc(Nc2c(-c3cccc(OS(=O)(=O)F)c3)nc3cc(-c4ccccc4)ccn23)cc1. The third kappa shape index (κ3) is 4.89. The maximum atomic E-state index is 13.1. The van der Waals surface area contributed by atoms with Crippen LogP contribution in [0.25, 0.3) is 28.0 Å². The number of rotatable bonds is 7.